The molecular weight excluding hydrogens is 295 g/mol. The third kappa shape index (κ3) is 14.7. The maximum absolute atomic E-state index is 3.87. The van der Waals surface area contributed by atoms with Gasteiger partial charge in [-0.3, -0.25) is 0 Å². The molecule has 91 valence electrons. The summed E-state index contributed by atoms with van der Waals surface area (Å²) in [6.07, 6.45) is 16.9. The van der Waals surface area contributed by atoms with E-state index in [0.717, 1.165) is 6.42 Å². The van der Waals surface area contributed by atoms with Gasteiger partial charge in [-0.1, -0.05) is 100 Å². The molecule has 1 radical (unpaired) electrons. The highest BCUT2D eigenvalue weighted by Crippen LogP contribution is 2.11. The van der Waals surface area contributed by atoms with Crippen LogP contribution < -0.4 is 0 Å². The second-order valence-electron chi connectivity index (χ2n) is 4.43. The van der Waals surface area contributed by atoms with E-state index in [1.807, 2.05) is 0 Å². The van der Waals surface area contributed by atoms with Crippen molar-refractivity contribution in [2.45, 2.75) is 77.0 Å². The molecule has 0 aliphatic carbocycles. The van der Waals surface area contributed by atoms with Crippen molar-refractivity contribution in [3.05, 3.63) is 6.92 Å². The van der Waals surface area contributed by atoms with E-state index in [9.17, 15) is 0 Å². The van der Waals surface area contributed by atoms with Crippen molar-refractivity contribution >= 4 is 22.6 Å². The molecule has 0 aliphatic rings. The van der Waals surface area contributed by atoms with Crippen LogP contribution in [-0.2, 0) is 0 Å². The van der Waals surface area contributed by atoms with Gasteiger partial charge < -0.3 is 0 Å². The summed E-state index contributed by atoms with van der Waals surface area (Å²) in [6.45, 7) is 3.87. The van der Waals surface area contributed by atoms with Gasteiger partial charge in [0.1, 0.15) is 0 Å². The van der Waals surface area contributed by atoms with Crippen molar-refractivity contribution in [2.75, 3.05) is 4.43 Å². The van der Waals surface area contributed by atoms with Crippen LogP contribution >= 0.6 is 22.6 Å². The van der Waals surface area contributed by atoms with Crippen molar-refractivity contribution in [2.24, 2.45) is 0 Å². The van der Waals surface area contributed by atoms with Crippen LogP contribution in [0.3, 0.4) is 0 Å². The smallest absolute Gasteiger partial charge is 0.000473 e. The number of halogens is 1. The summed E-state index contributed by atoms with van der Waals surface area (Å²) < 4.78 is 1.34. The van der Waals surface area contributed by atoms with E-state index in [1.54, 1.807) is 0 Å². The van der Waals surface area contributed by atoms with Gasteiger partial charge in [-0.2, -0.15) is 0 Å². The van der Waals surface area contributed by atoms with Crippen LogP contribution in [0.2, 0.25) is 0 Å². The standard InChI is InChI=1S/C14H28I/c1-2-3-4-5-6-7-8-9-10-11-12-13-14-15/h1-14H2. The quantitative estimate of drug-likeness (QED) is 0.237. The van der Waals surface area contributed by atoms with Gasteiger partial charge in [0.05, 0.1) is 0 Å². The van der Waals surface area contributed by atoms with Gasteiger partial charge in [-0.15, -0.1) is 0 Å². The summed E-state index contributed by atoms with van der Waals surface area (Å²) in [4.78, 5) is 0. The SMILES string of the molecule is [CH2]CCCCCCCCCCCCCI. The lowest BCUT2D eigenvalue weighted by molar-refractivity contribution is 0.551. The van der Waals surface area contributed by atoms with E-state index < -0.39 is 0 Å². The number of hydrogen-bond donors (Lipinski definition) is 0. The van der Waals surface area contributed by atoms with Crippen molar-refractivity contribution in [1.29, 1.82) is 0 Å². The molecule has 0 aromatic rings. The number of rotatable bonds is 12. The van der Waals surface area contributed by atoms with Gasteiger partial charge in [-0.05, 0) is 10.8 Å². The van der Waals surface area contributed by atoms with Crippen LogP contribution in [0.15, 0.2) is 0 Å². The van der Waals surface area contributed by atoms with Crippen LogP contribution in [0.4, 0.5) is 0 Å². The lowest BCUT2D eigenvalue weighted by Gasteiger charge is -2.01. The number of alkyl halides is 1. The van der Waals surface area contributed by atoms with Gasteiger partial charge >= 0.3 is 0 Å². The van der Waals surface area contributed by atoms with Gasteiger partial charge in [0.25, 0.3) is 0 Å². The van der Waals surface area contributed by atoms with Gasteiger partial charge in [0.15, 0.2) is 0 Å². The predicted molar refractivity (Wildman–Crippen MR) is 79.6 cm³/mol. The molecule has 0 unspecified atom stereocenters. The van der Waals surface area contributed by atoms with E-state index >= 15 is 0 Å². The summed E-state index contributed by atoms with van der Waals surface area (Å²) in [6, 6.07) is 0. The Kier molecular flexibility index (Phi) is 15.4. The van der Waals surface area contributed by atoms with Gasteiger partial charge in [0.2, 0.25) is 0 Å². The summed E-state index contributed by atoms with van der Waals surface area (Å²) in [7, 11) is 0. The van der Waals surface area contributed by atoms with Gasteiger partial charge in [-0.25, -0.2) is 0 Å². The number of unbranched alkanes of at least 4 members (excludes halogenated alkanes) is 11. The third-order valence-electron chi connectivity index (χ3n) is 2.88. The number of hydrogen-bond acceptors (Lipinski definition) is 0. The van der Waals surface area contributed by atoms with E-state index in [2.05, 4.69) is 29.5 Å². The molecule has 0 bridgehead atoms. The average Bonchev–Trinajstić information content (AvgIpc) is 2.26. The Morgan fingerprint density at radius 3 is 1.20 bits per heavy atom. The zero-order valence-electron chi connectivity index (χ0n) is 10.3. The van der Waals surface area contributed by atoms with E-state index in [-0.39, 0.29) is 0 Å². The molecule has 0 N–H and O–H groups in total. The molecule has 0 aliphatic heterocycles. The minimum atomic E-state index is 1.12. The van der Waals surface area contributed by atoms with Gasteiger partial charge in [0, 0.05) is 0 Å². The first kappa shape index (κ1) is 15.7. The predicted octanol–water partition coefficient (Wildman–Crippen LogP) is 5.94. The molecule has 0 aromatic heterocycles. The fourth-order valence-corrected chi connectivity index (χ4v) is 2.40. The molecule has 0 nitrogen and oxygen atoms in total. The summed E-state index contributed by atoms with van der Waals surface area (Å²) in [5.74, 6) is 0. The van der Waals surface area contributed by atoms with Crippen LogP contribution in [0.25, 0.3) is 0 Å². The summed E-state index contributed by atoms with van der Waals surface area (Å²) in [5.41, 5.74) is 0. The molecule has 15 heavy (non-hydrogen) atoms. The van der Waals surface area contributed by atoms with Crippen molar-refractivity contribution in [1.82, 2.24) is 0 Å². The first-order valence-corrected chi connectivity index (χ1v) is 8.29. The fourth-order valence-electron chi connectivity index (χ4n) is 1.86. The Morgan fingerprint density at radius 2 is 0.867 bits per heavy atom. The Morgan fingerprint density at radius 1 is 0.533 bits per heavy atom. The lowest BCUT2D eigenvalue weighted by Crippen LogP contribution is -1.82. The molecule has 0 spiro atoms. The van der Waals surface area contributed by atoms with Crippen LogP contribution in [-0.4, -0.2) is 4.43 Å². The van der Waals surface area contributed by atoms with E-state index in [1.165, 1.54) is 75.1 Å². The van der Waals surface area contributed by atoms with Crippen molar-refractivity contribution in [3.63, 3.8) is 0 Å². The van der Waals surface area contributed by atoms with Crippen LogP contribution in [0.1, 0.15) is 77.0 Å². The highest BCUT2D eigenvalue weighted by molar-refractivity contribution is 14.1. The zero-order chi connectivity index (χ0) is 11.2. The normalized spacial score (nSPS) is 10.8. The van der Waals surface area contributed by atoms with E-state index in [4.69, 9.17) is 0 Å². The van der Waals surface area contributed by atoms with Crippen molar-refractivity contribution in [3.8, 4) is 0 Å². The maximum Gasteiger partial charge on any atom is -0.000473 e. The largest absolute Gasteiger partial charge is 0.0864 e. The summed E-state index contributed by atoms with van der Waals surface area (Å²) in [5, 5.41) is 0. The zero-order valence-corrected chi connectivity index (χ0v) is 12.4. The highest BCUT2D eigenvalue weighted by atomic mass is 127. The second-order valence-corrected chi connectivity index (χ2v) is 5.51. The maximum atomic E-state index is 3.87. The topological polar surface area (TPSA) is 0 Å². The Labute approximate surface area is 111 Å². The highest BCUT2D eigenvalue weighted by Gasteiger charge is 1.92. The third-order valence-corrected chi connectivity index (χ3v) is 3.65. The average molecular weight is 323 g/mol. The second kappa shape index (κ2) is 14.7. The molecule has 0 aromatic carbocycles. The molecule has 0 fully saturated rings. The minimum Gasteiger partial charge on any atom is -0.0864 e. The Hall–Kier alpha value is 0.730. The van der Waals surface area contributed by atoms with Crippen LogP contribution in [0, 0.1) is 6.92 Å². The monoisotopic (exact) mass is 323 g/mol. The molecule has 0 atom stereocenters. The summed E-state index contributed by atoms with van der Waals surface area (Å²) >= 11 is 2.47. The molecular formula is C14H28I. The molecule has 0 saturated carbocycles. The van der Waals surface area contributed by atoms with Crippen LogP contribution in [0.5, 0.6) is 0 Å². The first-order chi connectivity index (χ1) is 7.41. The molecule has 0 heterocycles. The molecule has 0 amide bonds. The minimum absolute atomic E-state index is 1.12. The molecule has 0 saturated heterocycles. The fraction of sp³-hybridized carbons (Fsp3) is 0.929. The van der Waals surface area contributed by atoms with E-state index in [0.29, 0.717) is 0 Å². The molecule has 0 rings (SSSR count). The molecule has 1 heteroatoms. The Balaban J connectivity index is 2.81. The Bertz CT molecular complexity index is 89.5. The van der Waals surface area contributed by atoms with Crippen molar-refractivity contribution < 1.29 is 0 Å². The first-order valence-electron chi connectivity index (χ1n) is 6.77. The lowest BCUT2D eigenvalue weighted by atomic mass is 10.1.